The summed E-state index contributed by atoms with van der Waals surface area (Å²) in [5, 5.41) is 2.98. The number of aldehydes is 1. The number of unbranched alkanes of at least 4 members (excludes halogenated alkanes) is 3. The van der Waals surface area contributed by atoms with Crippen molar-refractivity contribution in [2.24, 2.45) is 5.92 Å². The van der Waals surface area contributed by atoms with Crippen LogP contribution in [0.4, 0.5) is 0 Å². The van der Waals surface area contributed by atoms with Gasteiger partial charge in [-0.25, -0.2) is 0 Å². The minimum Gasteiger partial charge on any atom is -0.356 e. The van der Waals surface area contributed by atoms with Gasteiger partial charge in [-0.1, -0.05) is 25.7 Å². The van der Waals surface area contributed by atoms with Gasteiger partial charge in [0, 0.05) is 19.4 Å². The Kier molecular flexibility index (Phi) is 7.69. The first-order chi connectivity index (χ1) is 8.33. The molecule has 1 N–H and O–H groups in total. The molecule has 0 unspecified atom stereocenters. The Labute approximate surface area is 104 Å². The van der Waals surface area contributed by atoms with Gasteiger partial charge in [-0.05, 0) is 31.6 Å². The fraction of sp³-hybridized carbons (Fsp3) is 0.857. The summed E-state index contributed by atoms with van der Waals surface area (Å²) in [5.41, 5.74) is 0. The topological polar surface area (TPSA) is 46.2 Å². The normalized spacial score (nSPS) is 16.7. The van der Waals surface area contributed by atoms with E-state index in [1.54, 1.807) is 0 Å². The quantitative estimate of drug-likeness (QED) is 0.523. The van der Waals surface area contributed by atoms with Crippen LogP contribution in [0.5, 0.6) is 0 Å². The molecule has 0 radical (unpaired) electrons. The van der Waals surface area contributed by atoms with E-state index >= 15 is 0 Å². The molecule has 0 saturated heterocycles. The summed E-state index contributed by atoms with van der Waals surface area (Å²) in [6.45, 7) is 0.768. The molecule has 3 nitrogen and oxygen atoms in total. The maximum absolute atomic E-state index is 11.6. The summed E-state index contributed by atoms with van der Waals surface area (Å²) in [4.78, 5) is 21.7. The summed E-state index contributed by atoms with van der Waals surface area (Å²) in [7, 11) is 0. The van der Waals surface area contributed by atoms with Crippen LogP contribution in [0.2, 0.25) is 0 Å². The van der Waals surface area contributed by atoms with E-state index in [1.807, 2.05) is 0 Å². The Morgan fingerprint density at radius 3 is 2.59 bits per heavy atom. The van der Waals surface area contributed by atoms with Crippen molar-refractivity contribution < 1.29 is 9.59 Å². The van der Waals surface area contributed by atoms with Crippen molar-refractivity contribution in [1.82, 2.24) is 5.32 Å². The molecule has 0 aromatic carbocycles. The number of nitrogens with one attached hydrogen (secondary N) is 1. The van der Waals surface area contributed by atoms with Gasteiger partial charge in [0.25, 0.3) is 0 Å². The van der Waals surface area contributed by atoms with Crippen molar-refractivity contribution in [1.29, 1.82) is 0 Å². The highest BCUT2D eigenvalue weighted by Gasteiger charge is 2.16. The lowest BCUT2D eigenvalue weighted by Crippen LogP contribution is -2.27. The number of carbonyl (C=O) groups excluding carboxylic acids is 2. The van der Waals surface area contributed by atoms with Crippen molar-refractivity contribution in [3.8, 4) is 0 Å². The first-order valence-electron chi connectivity index (χ1n) is 7.03. The highest BCUT2D eigenvalue weighted by molar-refractivity contribution is 5.76. The zero-order valence-corrected chi connectivity index (χ0v) is 10.7. The van der Waals surface area contributed by atoms with Gasteiger partial charge in [0.1, 0.15) is 6.29 Å². The van der Waals surface area contributed by atoms with Crippen LogP contribution in [-0.4, -0.2) is 18.7 Å². The molecule has 1 fully saturated rings. The third-order valence-corrected chi connectivity index (χ3v) is 3.52. The average molecular weight is 239 g/mol. The van der Waals surface area contributed by atoms with E-state index < -0.39 is 0 Å². The Balaban J connectivity index is 1.95. The minimum atomic E-state index is 0.215. The third-order valence-electron chi connectivity index (χ3n) is 3.52. The molecule has 1 aliphatic rings. The number of amides is 1. The van der Waals surface area contributed by atoms with Crippen molar-refractivity contribution in [3.05, 3.63) is 0 Å². The average Bonchev–Trinajstić information content (AvgIpc) is 2.35. The van der Waals surface area contributed by atoms with Gasteiger partial charge in [0.05, 0.1) is 0 Å². The number of rotatable bonds is 8. The SMILES string of the molecule is O=CCCCCCNC(=O)CC1CCCCC1. The van der Waals surface area contributed by atoms with E-state index in [9.17, 15) is 9.59 Å². The molecular formula is C14H25NO2. The number of hydrogen-bond acceptors (Lipinski definition) is 2. The van der Waals surface area contributed by atoms with Gasteiger partial charge in [-0.3, -0.25) is 4.79 Å². The predicted molar refractivity (Wildman–Crippen MR) is 68.7 cm³/mol. The molecule has 0 aromatic heterocycles. The van der Waals surface area contributed by atoms with Gasteiger partial charge in [0.2, 0.25) is 5.91 Å². The fourth-order valence-electron chi connectivity index (χ4n) is 2.48. The van der Waals surface area contributed by atoms with Crippen LogP contribution in [0.25, 0.3) is 0 Å². The summed E-state index contributed by atoms with van der Waals surface area (Å²) < 4.78 is 0. The maximum atomic E-state index is 11.6. The highest BCUT2D eigenvalue weighted by atomic mass is 16.1. The second kappa shape index (κ2) is 9.20. The summed E-state index contributed by atoms with van der Waals surface area (Å²) >= 11 is 0. The standard InChI is InChI=1S/C14H25NO2/c16-11-7-2-1-6-10-15-14(17)12-13-8-4-3-5-9-13/h11,13H,1-10,12H2,(H,15,17). The maximum Gasteiger partial charge on any atom is 0.220 e. The zero-order chi connectivity index (χ0) is 12.3. The predicted octanol–water partition coefficient (Wildman–Crippen LogP) is 2.83. The highest BCUT2D eigenvalue weighted by Crippen LogP contribution is 2.25. The lowest BCUT2D eigenvalue weighted by molar-refractivity contribution is -0.122. The Hall–Kier alpha value is -0.860. The molecule has 1 saturated carbocycles. The summed E-state index contributed by atoms with van der Waals surface area (Å²) in [5.74, 6) is 0.839. The van der Waals surface area contributed by atoms with Crippen molar-refractivity contribution in [2.75, 3.05) is 6.54 Å². The molecule has 98 valence electrons. The second-order valence-corrected chi connectivity index (χ2v) is 5.07. The van der Waals surface area contributed by atoms with Gasteiger partial charge in [-0.2, -0.15) is 0 Å². The molecule has 0 bridgehead atoms. The molecule has 0 aliphatic heterocycles. The molecular weight excluding hydrogens is 214 g/mol. The Morgan fingerprint density at radius 2 is 1.88 bits per heavy atom. The lowest BCUT2D eigenvalue weighted by Gasteiger charge is -2.20. The fourth-order valence-corrected chi connectivity index (χ4v) is 2.48. The smallest absolute Gasteiger partial charge is 0.220 e. The first kappa shape index (κ1) is 14.2. The molecule has 1 amide bonds. The van der Waals surface area contributed by atoms with Gasteiger partial charge < -0.3 is 10.1 Å². The van der Waals surface area contributed by atoms with E-state index in [-0.39, 0.29) is 5.91 Å². The third kappa shape index (κ3) is 7.14. The molecule has 1 rings (SSSR count). The van der Waals surface area contributed by atoms with Crippen LogP contribution in [0, 0.1) is 5.92 Å². The zero-order valence-electron chi connectivity index (χ0n) is 10.7. The molecule has 0 heterocycles. The Bertz CT molecular complexity index is 222. The van der Waals surface area contributed by atoms with Crippen molar-refractivity contribution >= 4 is 12.2 Å². The Morgan fingerprint density at radius 1 is 1.12 bits per heavy atom. The van der Waals surface area contributed by atoms with E-state index in [0.717, 1.165) is 32.1 Å². The van der Waals surface area contributed by atoms with Crippen LogP contribution in [0.1, 0.15) is 64.2 Å². The van der Waals surface area contributed by atoms with E-state index in [2.05, 4.69) is 5.32 Å². The van der Waals surface area contributed by atoms with Crippen LogP contribution in [0.15, 0.2) is 0 Å². The number of hydrogen-bond donors (Lipinski definition) is 1. The molecule has 1 aliphatic carbocycles. The molecule has 0 atom stereocenters. The molecule has 17 heavy (non-hydrogen) atoms. The summed E-state index contributed by atoms with van der Waals surface area (Å²) in [6, 6.07) is 0. The van der Waals surface area contributed by atoms with Crippen molar-refractivity contribution in [2.45, 2.75) is 64.2 Å². The van der Waals surface area contributed by atoms with Crippen molar-refractivity contribution in [3.63, 3.8) is 0 Å². The second-order valence-electron chi connectivity index (χ2n) is 5.07. The number of carbonyl (C=O) groups is 2. The summed E-state index contributed by atoms with van der Waals surface area (Å²) in [6.07, 6.45) is 11.7. The van der Waals surface area contributed by atoms with E-state index in [0.29, 0.717) is 18.8 Å². The van der Waals surface area contributed by atoms with E-state index in [1.165, 1.54) is 32.1 Å². The monoisotopic (exact) mass is 239 g/mol. The van der Waals surface area contributed by atoms with E-state index in [4.69, 9.17) is 0 Å². The van der Waals surface area contributed by atoms with Crippen LogP contribution in [-0.2, 0) is 9.59 Å². The van der Waals surface area contributed by atoms with Crippen LogP contribution in [0.3, 0.4) is 0 Å². The largest absolute Gasteiger partial charge is 0.356 e. The minimum absolute atomic E-state index is 0.215. The van der Waals surface area contributed by atoms with Crippen LogP contribution >= 0.6 is 0 Å². The molecule has 0 aromatic rings. The molecule has 3 heteroatoms. The lowest BCUT2D eigenvalue weighted by atomic mass is 9.87. The van der Waals surface area contributed by atoms with Gasteiger partial charge in [0.15, 0.2) is 0 Å². The molecule has 0 spiro atoms. The van der Waals surface area contributed by atoms with Gasteiger partial charge >= 0.3 is 0 Å². The first-order valence-corrected chi connectivity index (χ1v) is 7.03. The van der Waals surface area contributed by atoms with Crippen LogP contribution < -0.4 is 5.32 Å². The van der Waals surface area contributed by atoms with Gasteiger partial charge in [-0.15, -0.1) is 0 Å².